The monoisotopic (exact) mass is 326 g/mol. The number of hydrogen-bond acceptors (Lipinski definition) is 4. The van der Waals surface area contributed by atoms with Gasteiger partial charge in [-0.3, -0.25) is 0 Å². The Morgan fingerprint density at radius 2 is 2.37 bits per heavy atom. The molecule has 1 aromatic rings. The van der Waals surface area contributed by atoms with Crippen LogP contribution in [0.1, 0.15) is 13.3 Å². The van der Waals surface area contributed by atoms with Gasteiger partial charge >= 0.3 is 5.97 Å². The molecule has 2 unspecified atom stereocenters. The van der Waals surface area contributed by atoms with Gasteiger partial charge in [-0.15, -0.1) is 0 Å². The van der Waals surface area contributed by atoms with E-state index in [9.17, 15) is 4.79 Å². The van der Waals surface area contributed by atoms with Crippen molar-refractivity contribution >= 4 is 27.6 Å². The maximum atomic E-state index is 12.3. The third-order valence-corrected chi connectivity index (χ3v) is 4.22. The smallest absolute Gasteiger partial charge is 0.331 e. The van der Waals surface area contributed by atoms with Gasteiger partial charge in [0.2, 0.25) is 0 Å². The van der Waals surface area contributed by atoms with Gasteiger partial charge in [-0.2, -0.15) is 0 Å². The average molecular weight is 327 g/mol. The summed E-state index contributed by atoms with van der Waals surface area (Å²) in [4.78, 5) is 12.3. The molecule has 1 fully saturated rings. The Labute approximate surface area is 122 Å². The van der Waals surface area contributed by atoms with Crippen LogP contribution < -0.4 is 10.6 Å². The molecule has 4 nitrogen and oxygen atoms in total. The molecular weight excluding hydrogens is 308 g/mol. The van der Waals surface area contributed by atoms with Crippen molar-refractivity contribution < 1.29 is 9.53 Å². The summed E-state index contributed by atoms with van der Waals surface area (Å²) in [5.41, 5.74) is 0.273. The minimum Gasteiger partial charge on any atom is -0.467 e. The highest BCUT2D eigenvalue weighted by atomic mass is 79.9. The minimum atomic E-state index is -0.652. The first kappa shape index (κ1) is 14.3. The number of carbonyl (C=O) groups excluding carboxylic acids is 1. The van der Waals surface area contributed by atoms with E-state index in [4.69, 9.17) is 4.74 Å². The molecule has 1 aliphatic rings. The zero-order valence-electron chi connectivity index (χ0n) is 11.2. The number of rotatable bonds is 3. The van der Waals surface area contributed by atoms with E-state index in [0.29, 0.717) is 6.42 Å². The molecule has 0 bridgehead atoms. The van der Waals surface area contributed by atoms with Crippen molar-refractivity contribution in [1.82, 2.24) is 5.32 Å². The van der Waals surface area contributed by atoms with Gasteiger partial charge in [0.15, 0.2) is 0 Å². The summed E-state index contributed by atoms with van der Waals surface area (Å²) in [5, 5.41) is 6.70. The van der Waals surface area contributed by atoms with Gasteiger partial charge in [-0.25, -0.2) is 4.79 Å². The van der Waals surface area contributed by atoms with Crippen molar-refractivity contribution in [1.29, 1.82) is 0 Å². The third kappa shape index (κ3) is 2.92. The van der Waals surface area contributed by atoms with Crippen LogP contribution >= 0.6 is 15.9 Å². The van der Waals surface area contributed by atoms with Gasteiger partial charge < -0.3 is 15.4 Å². The van der Waals surface area contributed by atoms with Gasteiger partial charge in [0, 0.05) is 22.6 Å². The molecule has 5 heteroatoms. The second kappa shape index (κ2) is 5.92. The van der Waals surface area contributed by atoms with Gasteiger partial charge in [-0.05, 0) is 31.2 Å². The van der Waals surface area contributed by atoms with Crippen LogP contribution in [0, 0.1) is 5.92 Å². The molecule has 2 rings (SSSR count). The zero-order valence-corrected chi connectivity index (χ0v) is 12.8. The Balaban J connectivity index is 2.30. The van der Waals surface area contributed by atoms with Crippen LogP contribution in [0.4, 0.5) is 5.69 Å². The lowest BCUT2D eigenvalue weighted by atomic mass is 9.79. The summed E-state index contributed by atoms with van der Waals surface area (Å²) in [7, 11) is 1.45. The van der Waals surface area contributed by atoms with Crippen LogP contribution in [0.25, 0.3) is 0 Å². The molecule has 1 heterocycles. The van der Waals surface area contributed by atoms with E-state index in [1.165, 1.54) is 7.11 Å². The number of nitrogens with one attached hydrogen (secondary N) is 2. The first-order valence-corrected chi connectivity index (χ1v) is 7.20. The first-order valence-electron chi connectivity index (χ1n) is 6.41. The summed E-state index contributed by atoms with van der Waals surface area (Å²) in [6.45, 7) is 3.67. The molecule has 104 valence electrons. The van der Waals surface area contributed by atoms with Crippen molar-refractivity contribution in [3.05, 3.63) is 28.7 Å². The molecule has 0 amide bonds. The van der Waals surface area contributed by atoms with E-state index in [0.717, 1.165) is 23.2 Å². The molecule has 1 aromatic carbocycles. The molecule has 2 atom stereocenters. The van der Waals surface area contributed by atoms with E-state index in [1.54, 1.807) is 0 Å². The van der Waals surface area contributed by atoms with E-state index >= 15 is 0 Å². The molecule has 1 saturated heterocycles. The number of esters is 1. The van der Waals surface area contributed by atoms with Crippen LogP contribution in [0.15, 0.2) is 28.7 Å². The molecule has 0 aromatic heterocycles. The molecule has 0 saturated carbocycles. The molecule has 19 heavy (non-hydrogen) atoms. The normalized spacial score (nSPS) is 26.8. The van der Waals surface area contributed by atoms with E-state index < -0.39 is 5.54 Å². The standard InChI is InChI=1S/C14H19BrN2O2/c1-10-9-16-7-6-14(10,13(18)19-2)17-12-5-3-4-11(15)8-12/h3-5,8,10,16-17H,6-7,9H2,1-2H3. The quantitative estimate of drug-likeness (QED) is 0.837. The maximum Gasteiger partial charge on any atom is 0.331 e. The number of ether oxygens (including phenoxy) is 1. The highest BCUT2D eigenvalue weighted by Crippen LogP contribution is 2.31. The molecule has 1 aliphatic heterocycles. The molecular formula is C14H19BrN2O2. The van der Waals surface area contributed by atoms with Crippen LogP contribution in [0.2, 0.25) is 0 Å². The Bertz CT molecular complexity index is 467. The fraction of sp³-hybridized carbons (Fsp3) is 0.500. The number of methoxy groups -OCH3 is 1. The summed E-state index contributed by atoms with van der Waals surface area (Å²) < 4.78 is 6.01. The zero-order chi connectivity index (χ0) is 13.9. The predicted molar refractivity (Wildman–Crippen MR) is 79.2 cm³/mol. The predicted octanol–water partition coefficient (Wildman–Crippen LogP) is 2.40. The fourth-order valence-corrected chi connectivity index (χ4v) is 2.97. The fourth-order valence-electron chi connectivity index (χ4n) is 2.57. The lowest BCUT2D eigenvalue weighted by Crippen LogP contribution is -2.59. The maximum absolute atomic E-state index is 12.3. The number of anilines is 1. The Kier molecular flexibility index (Phi) is 4.47. The second-order valence-corrected chi connectivity index (χ2v) is 5.87. The van der Waals surface area contributed by atoms with Gasteiger partial charge in [0.25, 0.3) is 0 Å². The SMILES string of the molecule is COC(=O)C1(Nc2cccc(Br)c2)CCNCC1C. The van der Waals surface area contributed by atoms with E-state index in [1.807, 2.05) is 24.3 Å². The van der Waals surface area contributed by atoms with Gasteiger partial charge in [0.05, 0.1) is 7.11 Å². The van der Waals surface area contributed by atoms with Gasteiger partial charge in [0.1, 0.15) is 5.54 Å². The number of piperidine rings is 1. The lowest BCUT2D eigenvalue weighted by Gasteiger charge is -2.41. The molecule has 0 spiro atoms. The van der Waals surface area contributed by atoms with Crippen molar-refractivity contribution in [2.75, 3.05) is 25.5 Å². The van der Waals surface area contributed by atoms with E-state index in [2.05, 4.69) is 33.5 Å². The highest BCUT2D eigenvalue weighted by Gasteiger charge is 2.46. The largest absolute Gasteiger partial charge is 0.467 e. The molecule has 0 radical (unpaired) electrons. The van der Waals surface area contributed by atoms with Crippen molar-refractivity contribution in [3.8, 4) is 0 Å². The van der Waals surface area contributed by atoms with Gasteiger partial charge in [-0.1, -0.05) is 28.9 Å². The Morgan fingerprint density at radius 3 is 3.00 bits per heavy atom. The van der Waals surface area contributed by atoms with Crippen LogP contribution in [-0.4, -0.2) is 31.7 Å². The van der Waals surface area contributed by atoms with Crippen molar-refractivity contribution in [2.24, 2.45) is 5.92 Å². The molecule has 0 aliphatic carbocycles. The first-order chi connectivity index (χ1) is 9.08. The van der Waals surface area contributed by atoms with Crippen molar-refractivity contribution in [3.63, 3.8) is 0 Å². The Morgan fingerprint density at radius 1 is 1.58 bits per heavy atom. The number of halogens is 1. The van der Waals surface area contributed by atoms with Crippen molar-refractivity contribution in [2.45, 2.75) is 18.9 Å². The summed E-state index contributed by atoms with van der Waals surface area (Å²) in [6.07, 6.45) is 0.716. The molecule has 2 N–H and O–H groups in total. The summed E-state index contributed by atoms with van der Waals surface area (Å²) in [5.74, 6) is -0.0332. The van der Waals surface area contributed by atoms with Crippen LogP contribution in [0.5, 0.6) is 0 Å². The summed E-state index contributed by atoms with van der Waals surface area (Å²) >= 11 is 3.45. The van der Waals surface area contributed by atoms with Crippen LogP contribution in [-0.2, 0) is 9.53 Å². The topological polar surface area (TPSA) is 50.4 Å². The highest BCUT2D eigenvalue weighted by molar-refractivity contribution is 9.10. The average Bonchev–Trinajstić information content (AvgIpc) is 2.40. The number of benzene rings is 1. The second-order valence-electron chi connectivity index (χ2n) is 4.95. The number of hydrogen-bond donors (Lipinski definition) is 2. The Hall–Kier alpha value is -1.07. The van der Waals surface area contributed by atoms with Crippen LogP contribution in [0.3, 0.4) is 0 Å². The number of carbonyl (C=O) groups is 1. The third-order valence-electron chi connectivity index (χ3n) is 3.73. The lowest BCUT2D eigenvalue weighted by molar-refractivity contribution is -0.148. The minimum absolute atomic E-state index is 0.160. The van der Waals surface area contributed by atoms with E-state index in [-0.39, 0.29) is 11.9 Å². The summed E-state index contributed by atoms with van der Waals surface area (Å²) in [6, 6.07) is 7.84.